The van der Waals surface area contributed by atoms with Crippen LogP contribution in [0.1, 0.15) is 10.4 Å². The van der Waals surface area contributed by atoms with Crippen LogP contribution in [0.2, 0.25) is 0 Å². The number of nitrogens with one attached hydrogen (secondary N) is 2. The molecular formula is C29H23N3O3S2. The number of hydrogen-bond donors (Lipinski definition) is 2. The van der Waals surface area contributed by atoms with Crippen LogP contribution in [0.5, 0.6) is 5.75 Å². The Kier molecular flexibility index (Phi) is 7.49. The number of ether oxygens (including phenoxy) is 1. The Morgan fingerprint density at radius 3 is 2.51 bits per heavy atom. The highest BCUT2D eigenvalue weighted by atomic mass is 32.2. The number of hydrogen-bond acceptors (Lipinski definition) is 6. The first-order valence-corrected chi connectivity index (χ1v) is 13.4. The van der Waals surface area contributed by atoms with Gasteiger partial charge in [0.05, 0.1) is 18.6 Å². The molecular weight excluding hydrogens is 502 g/mol. The highest BCUT2D eigenvalue weighted by molar-refractivity contribution is 8.00. The molecule has 0 aliphatic rings. The molecule has 2 amide bonds. The fourth-order valence-corrected chi connectivity index (χ4v) is 5.15. The number of nitrogens with zero attached hydrogens (tertiary/aromatic N) is 1. The molecule has 0 unspecified atom stereocenters. The van der Waals surface area contributed by atoms with Crippen LogP contribution in [0.25, 0.3) is 22.0 Å². The lowest BCUT2D eigenvalue weighted by molar-refractivity contribution is -0.113. The van der Waals surface area contributed by atoms with Crippen molar-refractivity contribution in [2.45, 2.75) is 4.90 Å². The summed E-state index contributed by atoms with van der Waals surface area (Å²) in [5, 5.41) is 10.4. The molecule has 5 rings (SSSR count). The number of benzene rings is 4. The standard InChI is InChI=1S/C29H23N3O3S2/c1-35-24-8-4-7-21(16-24)26-17-37-29(31-26)32-27(33)18-36-25-13-11-23(12-14-25)30-28(34)22-10-9-19-5-2-3-6-20(19)15-22/h2-17H,18H2,1H3,(H,30,34)(H,31,32,33). The molecule has 0 saturated carbocycles. The monoisotopic (exact) mass is 525 g/mol. The van der Waals surface area contributed by atoms with Gasteiger partial charge >= 0.3 is 0 Å². The summed E-state index contributed by atoms with van der Waals surface area (Å²) in [5.74, 6) is 0.705. The van der Waals surface area contributed by atoms with Crippen molar-refractivity contribution in [3.8, 4) is 17.0 Å². The first-order chi connectivity index (χ1) is 18.1. The van der Waals surface area contributed by atoms with Crippen molar-refractivity contribution in [1.82, 2.24) is 4.98 Å². The van der Waals surface area contributed by atoms with E-state index in [-0.39, 0.29) is 17.6 Å². The van der Waals surface area contributed by atoms with Gasteiger partial charge in [0.1, 0.15) is 5.75 Å². The first kappa shape index (κ1) is 24.5. The summed E-state index contributed by atoms with van der Waals surface area (Å²) in [5.41, 5.74) is 3.01. The number of carbonyl (C=O) groups is 2. The van der Waals surface area contributed by atoms with Gasteiger partial charge in [-0.25, -0.2) is 4.98 Å². The van der Waals surface area contributed by atoms with Crippen molar-refractivity contribution in [3.05, 3.63) is 102 Å². The number of thiazole rings is 1. The summed E-state index contributed by atoms with van der Waals surface area (Å²) >= 11 is 2.80. The van der Waals surface area contributed by atoms with Gasteiger partial charge in [-0.3, -0.25) is 9.59 Å². The molecule has 0 radical (unpaired) electrons. The van der Waals surface area contributed by atoms with Crippen molar-refractivity contribution in [3.63, 3.8) is 0 Å². The molecule has 1 aromatic heterocycles. The molecule has 0 aliphatic heterocycles. The summed E-state index contributed by atoms with van der Waals surface area (Å²) in [7, 11) is 1.62. The summed E-state index contributed by atoms with van der Waals surface area (Å²) in [6, 6.07) is 28.7. The van der Waals surface area contributed by atoms with E-state index in [0.717, 1.165) is 32.7 Å². The largest absolute Gasteiger partial charge is 0.497 e. The fraction of sp³-hybridized carbons (Fsp3) is 0.0690. The van der Waals surface area contributed by atoms with Crippen LogP contribution in [0.4, 0.5) is 10.8 Å². The van der Waals surface area contributed by atoms with E-state index in [4.69, 9.17) is 4.74 Å². The lowest BCUT2D eigenvalue weighted by atomic mass is 10.1. The second-order valence-electron chi connectivity index (χ2n) is 8.15. The van der Waals surface area contributed by atoms with Crippen LogP contribution in [0.3, 0.4) is 0 Å². The molecule has 0 bridgehead atoms. The quantitative estimate of drug-likeness (QED) is 0.214. The average Bonchev–Trinajstić information content (AvgIpc) is 3.41. The molecule has 0 saturated heterocycles. The van der Waals surface area contributed by atoms with E-state index in [9.17, 15) is 9.59 Å². The number of thioether (sulfide) groups is 1. The first-order valence-electron chi connectivity index (χ1n) is 11.5. The zero-order chi connectivity index (χ0) is 25.6. The molecule has 6 nitrogen and oxygen atoms in total. The predicted octanol–water partition coefficient (Wildman–Crippen LogP) is 6.96. The molecule has 37 heavy (non-hydrogen) atoms. The third-order valence-corrected chi connectivity index (χ3v) is 7.38. The van der Waals surface area contributed by atoms with Gasteiger partial charge in [-0.2, -0.15) is 0 Å². The van der Waals surface area contributed by atoms with E-state index in [1.54, 1.807) is 7.11 Å². The van der Waals surface area contributed by atoms with E-state index < -0.39 is 0 Å². The number of rotatable bonds is 8. The van der Waals surface area contributed by atoms with E-state index in [1.165, 1.54) is 23.1 Å². The van der Waals surface area contributed by atoms with E-state index in [1.807, 2.05) is 96.4 Å². The minimum absolute atomic E-state index is 0.134. The molecule has 0 atom stereocenters. The summed E-state index contributed by atoms with van der Waals surface area (Å²) in [6.45, 7) is 0. The van der Waals surface area contributed by atoms with Gasteiger partial charge in [0.2, 0.25) is 5.91 Å². The Labute approximate surface area is 222 Å². The van der Waals surface area contributed by atoms with Crippen molar-refractivity contribution in [2.75, 3.05) is 23.5 Å². The Balaban J connectivity index is 1.13. The Morgan fingerprint density at radius 2 is 1.70 bits per heavy atom. The van der Waals surface area contributed by atoms with Gasteiger partial charge in [0.15, 0.2) is 5.13 Å². The van der Waals surface area contributed by atoms with Gasteiger partial charge in [0, 0.05) is 27.1 Å². The van der Waals surface area contributed by atoms with Gasteiger partial charge < -0.3 is 15.4 Å². The Bertz CT molecular complexity index is 1560. The predicted molar refractivity (Wildman–Crippen MR) is 152 cm³/mol. The smallest absolute Gasteiger partial charge is 0.255 e. The lowest BCUT2D eigenvalue weighted by Gasteiger charge is -2.08. The maximum Gasteiger partial charge on any atom is 0.255 e. The zero-order valence-corrected chi connectivity index (χ0v) is 21.6. The highest BCUT2D eigenvalue weighted by Crippen LogP contribution is 2.28. The number of methoxy groups -OCH3 is 1. The van der Waals surface area contributed by atoms with Crippen LogP contribution >= 0.6 is 23.1 Å². The molecule has 4 aromatic carbocycles. The van der Waals surface area contributed by atoms with E-state index in [2.05, 4.69) is 15.6 Å². The molecule has 0 spiro atoms. The molecule has 0 aliphatic carbocycles. The molecule has 1 heterocycles. The number of fused-ring (bicyclic) bond motifs is 1. The van der Waals surface area contributed by atoms with Crippen molar-refractivity contribution < 1.29 is 14.3 Å². The number of anilines is 2. The zero-order valence-electron chi connectivity index (χ0n) is 19.9. The second-order valence-corrected chi connectivity index (χ2v) is 10.1. The molecule has 0 fully saturated rings. The minimum atomic E-state index is -0.165. The molecule has 8 heteroatoms. The van der Waals surface area contributed by atoms with E-state index in [0.29, 0.717) is 16.4 Å². The average molecular weight is 526 g/mol. The van der Waals surface area contributed by atoms with Gasteiger partial charge in [-0.15, -0.1) is 23.1 Å². The topological polar surface area (TPSA) is 80.3 Å². The summed E-state index contributed by atoms with van der Waals surface area (Å²) < 4.78 is 5.26. The Hall–Kier alpha value is -4.14. The van der Waals surface area contributed by atoms with Crippen molar-refractivity contribution >= 4 is 56.5 Å². The highest BCUT2D eigenvalue weighted by Gasteiger charge is 2.10. The molecule has 184 valence electrons. The third-order valence-electron chi connectivity index (χ3n) is 5.61. The minimum Gasteiger partial charge on any atom is -0.497 e. The third kappa shape index (κ3) is 6.17. The van der Waals surface area contributed by atoms with Gasteiger partial charge in [0.25, 0.3) is 5.91 Å². The number of amides is 2. The van der Waals surface area contributed by atoms with Gasteiger partial charge in [-0.1, -0.05) is 42.5 Å². The molecule has 2 N–H and O–H groups in total. The fourth-order valence-electron chi connectivity index (χ4n) is 3.72. The van der Waals surface area contributed by atoms with Crippen LogP contribution in [-0.4, -0.2) is 29.7 Å². The normalized spacial score (nSPS) is 10.7. The van der Waals surface area contributed by atoms with Crippen LogP contribution < -0.4 is 15.4 Å². The molecule has 5 aromatic rings. The second kappa shape index (κ2) is 11.3. The van der Waals surface area contributed by atoms with Crippen LogP contribution in [0, 0.1) is 0 Å². The number of aromatic nitrogens is 1. The summed E-state index contributed by atoms with van der Waals surface area (Å²) in [6.07, 6.45) is 0. The SMILES string of the molecule is COc1cccc(-c2csc(NC(=O)CSc3ccc(NC(=O)c4ccc5ccccc5c4)cc3)n2)c1. The van der Waals surface area contributed by atoms with Gasteiger partial charge in [-0.05, 0) is 59.3 Å². The van der Waals surface area contributed by atoms with Crippen LogP contribution in [0.15, 0.2) is 101 Å². The van der Waals surface area contributed by atoms with E-state index >= 15 is 0 Å². The van der Waals surface area contributed by atoms with Crippen molar-refractivity contribution in [1.29, 1.82) is 0 Å². The van der Waals surface area contributed by atoms with Crippen LogP contribution in [-0.2, 0) is 4.79 Å². The maximum atomic E-state index is 12.7. The number of carbonyl (C=O) groups excluding carboxylic acids is 2. The van der Waals surface area contributed by atoms with Crippen molar-refractivity contribution in [2.24, 2.45) is 0 Å². The lowest BCUT2D eigenvalue weighted by Crippen LogP contribution is -2.13. The summed E-state index contributed by atoms with van der Waals surface area (Å²) in [4.78, 5) is 30.6. The maximum absolute atomic E-state index is 12.7. The Morgan fingerprint density at radius 1 is 0.892 bits per heavy atom.